The Morgan fingerprint density at radius 3 is 2.19 bits per heavy atom. The Bertz CT molecular complexity index is 1090. The minimum absolute atomic E-state index is 0.0269. The third kappa shape index (κ3) is 6.71. The summed E-state index contributed by atoms with van der Waals surface area (Å²) in [5.74, 6) is 0.742. The lowest BCUT2D eigenvalue weighted by Crippen LogP contribution is -2.28. The van der Waals surface area contributed by atoms with Crippen LogP contribution in [0, 0.1) is 0 Å². The Morgan fingerprint density at radius 2 is 1.55 bits per heavy atom. The van der Waals surface area contributed by atoms with Gasteiger partial charge in [-0.05, 0) is 48.9 Å². The van der Waals surface area contributed by atoms with Crippen molar-refractivity contribution in [3.05, 3.63) is 83.3 Å². The van der Waals surface area contributed by atoms with Gasteiger partial charge in [0.2, 0.25) is 0 Å². The summed E-state index contributed by atoms with van der Waals surface area (Å²) in [6.45, 7) is 2.60. The highest BCUT2D eigenvalue weighted by molar-refractivity contribution is 7.94. The smallest absolute Gasteiger partial charge is 0.258 e. The van der Waals surface area contributed by atoms with Gasteiger partial charge in [-0.25, -0.2) is 13.4 Å². The van der Waals surface area contributed by atoms with E-state index in [-0.39, 0.29) is 17.4 Å². The number of nitrogens with one attached hydrogen (secondary N) is 2. The van der Waals surface area contributed by atoms with Crippen LogP contribution in [0.3, 0.4) is 0 Å². The van der Waals surface area contributed by atoms with Crippen molar-refractivity contribution in [3.8, 4) is 11.5 Å². The van der Waals surface area contributed by atoms with E-state index < -0.39 is 10.0 Å². The van der Waals surface area contributed by atoms with Gasteiger partial charge in [0.25, 0.3) is 5.91 Å². The van der Waals surface area contributed by atoms with Gasteiger partial charge < -0.3 is 19.5 Å². The Hall–Kier alpha value is -3.59. The molecule has 0 fully saturated rings. The number of aromatic amines is 1. The monoisotopic (exact) mass is 441 g/mol. The van der Waals surface area contributed by atoms with E-state index in [4.69, 9.17) is 9.47 Å². The molecule has 2 N–H and O–H groups in total. The van der Waals surface area contributed by atoms with Crippen LogP contribution in [0.15, 0.2) is 78.0 Å². The molecule has 0 atom stereocenters. The zero-order valence-electron chi connectivity index (χ0n) is 16.9. The van der Waals surface area contributed by atoms with E-state index in [1.54, 1.807) is 36.7 Å². The molecular formula is C22H23N3O5S. The maximum absolute atomic E-state index is 12.5. The maximum Gasteiger partial charge on any atom is 0.258 e. The summed E-state index contributed by atoms with van der Waals surface area (Å²) in [4.78, 5) is 14.9. The molecule has 162 valence electrons. The number of nitrogens with zero attached hydrogens (tertiary/aromatic N) is 1. The number of carbonyl (C=O) groups is 1. The van der Waals surface area contributed by atoms with Gasteiger partial charge in [-0.2, -0.15) is 0 Å². The fourth-order valence-corrected chi connectivity index (χ4v) is 3.59. The van der Waals surface area contributed by atoms with Crippen molar-refractivity contribution in [3.63, 3.8) is 0 Å². The summed E-state index contributed by atoms with van der Waals surface area (Å²) >= 11 is 0. The van der Waals surface area contributed by atoms with Crippen molar-refractivity contribution in [2.24, 2.45) is 0 Å². The zero-order valence-corrected chi connectivity index (χ0v) is 17.8. The molecule has 3 rings (SSSR count). The molecule has 0 aliphatic rings. The van der Waals surface area contributed by atoms with Crippen LogP contribution in [0.4, 0.5) is 5.69 Å². The van der Waals surface area contributed by atoms with Crippen LogP contribution < -0.4 is 19.8 Å². The number of benzene rings is 2. The zero-order chi connectivity index (χ0) is 22.1. The van der Waals surface area contributed by atoms with Crippen molar-refractivity contribution >= 4 is 21.6 Å². The van der Waals surface area contributed by atoms with Gasteiger partial charge in [-0.3, -0.25) is 4.79 Å². The lowest BCUT2D eigenvalue weighted by atomic mass is 10.3. The summed E-state index contributed by atoms with van der Waals surface area (Å²) in [5.41, 5.74) is 1.26. The van der Waals surface area contributed by atoms with E-state index in [1.807, 2.05) is 19.1 Å². The van der Waals surface area contributed by atoms with Crippen LogP contribution in [0.5, 0.6) is 11.5 Å². The normalized spacial score (nSPS) is 10.9. The molecule has 0 bridgehead atoms. The van der Waals surface area contributed by atoms with E-state index in [2.05, 4.69) is 15.0 Å². The van der Waals surface area contributed by atoms with Crippen LogP contribution >= 0.6 is 0 Å². The minimum Gasteiger partial charge on any atom is -0.573 e. The van der Waals surface area contributed by atoms with Crippen LogP contribution in [0.2, 0.25) is 0 Å². The molecule has 0 saturated heterocycles. The number of amides is 1. The largest absolute Gasteiger partial charge is 0.573 e. The maximum atomic E-state index is 12.5. The molecule has 0 saturated carbocycles. The molecule has 9 heteroatoms. The van der Waals surface area contributed by atoms with Gasteiger partial charge in [0.05, 0.1) is 11.5 Å². The predicted octanol–water partition coefficient (Wildman–Crippen LogP) is 2.99. The van der Waals surface area contributed by atoms with E-state index in [1.165, 1.54) is 24.3 Å². The van der Waals surface area contributed by atoms with Crippen molar-refractivity contribution < 1.29 is 27.7 Å². The van der Waals surface area contributed by atoms with Gasteiger partial charge in [0, 0.05) is 18.7 Å². The van der Waals surface area contributed by atoms with E-state index >= 15 is 0 Å². The lowest BCUT2D eigenvalue weighted by molar-refractivity contribution is -0.378. The first kappa shape index (κ1) is 22.1. The Labute approximate surface area is 181 Å². The third-order valence-electron chi connectivity index (χ3n) is 4.14. The molecule has 0 radical (unpaired) electrons. The molecule has 8 nitrogen and oxygen atoms in total. The average molecular weight is 442 g/mol. The standard InChI is InChI=1S/C22H22N3O5S/c1-2-29-19-5-3-18(4-6-19)25-31(27,28)21-9-7-20(8-10-21)30-16-22(26)24-15-17-11-13-23-14-12-17/h3-14H,2,15-16H2,1H3,(H,24,26)/q-1/p+1. The van der Waals surface area contributed by atoms with Crippen molar-refractivity contribution in [1.82, 2.24) is 5.32 Å². The number of ether oxygens (including phenoxy) is 2. The van der Waals surface area contributed by atoms with Gasteiger partial charge in [-0.1, -0.05) is 12.1 Å². The first-order chi connectivity index (χ1) is 15.0. The number of carbonyl (C=O) groups excluding carboxylic acids is 1. The molecule has 0 spiro atoms. The number of sulfonamides is 1. The van der Waals surface area contributed by atoms with Gasteiger partial charge in [-0.15, -0.1) is 5.69 Å². The number of hydrogen-bond donors (Lipinski definition) is 1. The van der Waals surface area contributed by atoms with E-state index in [9.17, 15) is 13.2 Å². The Kier molecular flexibility index (Phi) is 7.45. The van der Waals surface area contributed by atoms with Gasteiger partial charge >= 0.3 is 0 Å². The van der Waals surface area contributed by atoms with Crippen molar-refractivity contribution in [2.45, 2.75) is 18.4 Å². The molecule has 31 heavy (non-hydrogen) atoms. The quantitative estimate of drug-likeness (QED) is 0.520. The molecule has 0 aliphatic heterocycles. The summed E-state index contributed by atoms with van der Waals surface area (Å²) in [6, 6.07) is 16.0. The Balaban J connectivity index is 1.52. The summed E-state index contributed by atoms with van der Waals surface area (Å²) in [5, 5.41) is 2.75. The van der Waals surface area contributed by atoms with Crippen LogP contribution in [0.25, 0.3) is 4.72 Å². The molecule has 1 amide bonds. The minimum atomic E-state index is -3.88. The van der Waals surface area contributed by atoms with E-state index in [0.29, 0.717) is 30.3 Å². The van der Waals surface area contributed by atoms with Crippen molar-refractivity contribution in [1.29, 1.82) is 0 Å². The fourth-order valence-electron chi connectivity index (χ4n) is 2.61. The number of pyridine rings is 1. The first-order valence-electron chi connectivity index (χ1n) is 9.62. The first-order valence-corrected chi connectivity index (χ1v) is 11.1. The molecule has 1 aromatic heterocycles. The highest BCUT2D eigenvalue weighted by Gasteiger charge is 2.07. The lowest BCUT2D eigenvalue weighted by Gasteiger charge is -2.22. The van der Waals surface area contributed by atoms with Crippen LogP contribution in [0.1, 0.15) is 12.5 Å². The highest BCUT2D eigenvalue weighted by atomic mass is 32.2. The second-order valence-electron chi connectivity index (χ2n) is 6.44. The molecule has 1 heterocycles. The number of hydrogen-bond acceptors (Lipinski definition) is 5. The third-order valence-corrected chi connectivity index (χ3v) is 5.46. The Morgan fingerprint density at radius 1 is 0.935 bits per heavy atom. The van der Waals surface area contributed by atoms with Gasteiger partial charge in [0.1, 0.15) is 21.5 Å². The van der Waals surface area contributed by atoms with E-state index in [0.717, 1.165) is 5.56 Å². The SMILES string of the molecule is CCOc1ccc([N-]S(=O)(=O)c2ccc(OCC(=O)NCc3cc[nH+]cc3)cc2)cc1. The number of H-pyrrole nitrogens is 1. The molecular weight excluding hydrogens is 418 g/mol. The van der Waals surface area contributed by atoms with Crippen LogP contribution in [-0.2, 0) is 21.4 Å². The molecule has 2 aromatic carbocycles. The second-order valence-corrected chi connectivity index (χ2v) is 8.04. The molecule has 0 aliphatic carbocycles. The summed E-state index contributed by atoms with van der Waals surface area (Å²) < 4.78 is 39.6. The molecule has 0 unspecified atom stereocenters. The highest BCUT2D eigenvalue weighted by Crippen LogP contribution is 2.30. The predicted molar refractivity (Wildman–Crippen MR) is 115 cm³/mol. The second kappa shape index (κ2) is 10.4. The van der Waals surface area contributed by atoms with Gasteiger partial charge in [0.15, 0.2) is 19.0 Å². The number of aromatic nitrogens is 1. The average Bonchev–Trinajstić information content (AvgIpc) is 2.78. The fraction of sp³-hybridized carbons (Fsp3) is 0.182. The topological polar surface area (TPSA) is 110 Å². The molecule has 3 aromatic rings. The van der Waals surface area contributed by atoms with Crippen LogP contribution in [-0.4, -0.2) is 27.5 Å². The number of rotatable bonds is 10. The van der Waals surface area contributed by atoms with Crippen molar-refractivity contribution in [2.75, 3.05) is 13.2 Å². The summed E-state index contributed by atoms with van der Waals surface area (Å²) in [7, 11) is -3.88. The summed E-state index contributed by atoms with van der Waals surface area (Å²) in [6.07, 6.45) is 3.55.